The molecular formula is C16H17BrO5. The van der Waals surface area contributed by atoms with Gasteiger partial charge < -0.3 is 14.2 Å². The maximum absolute atomic E-state index is 12.6. The summed E-state index contributed by atoms with van der Waals surface area (Å²) in [5.74, 6) is -0.778. The number of hydrogen-bond donors (Lipinski definition) is 0. The molecule has 0 bridgehead atoms. The van der Waals surface area contributed by atoms with Crippen molar-refractivity contribution < 1.29 is 23.8 Å². The van der Waals surface area contributed by atoms with Gasteiger partial charge in [-0.15, -0.1) is 0 Å². The molecule has 0 aliphatic heterocycles. The summed E-state index contributed by atoms with van der Waals surface area (Å²) in [4.78, 5) is 25.2. The van der Waals surface area contributed by atoms with Crippen LogP contribution < -0.4 is 4.74 Å². The first-order valence-corrected chi connectivity index (χ1v) is 7.72. The number of ether oxygens (including phenoxy) is 3. The van der Waals surface area contributed by atoms with E-state index in [4.69, 9.17) is 14.2 Å². The van der Waals surface area contributed by atoms with Crippen LogP contribution in [0, 0.1) is 0 Å². The maximum atomic E-state index is 12.6. The molecule has 1 aromatic carbocycles. The van der Waals surface area contributed by atoms with Crippen LogP contribution in [0.25, 0.3) is 6.08 Å². The van der Waals surface area contributed by atoms with Gasteiger partial charge in [0.15, 0.2) is 0 Å². The van der Waals surface area contributed by atoms with Gasteiger partial charge in [0, 0.05) is 4.48 Å². The third kappa shape index (κ3) is 2.41. The largest absolute Gasteiger partial charge is 0.497 e. The number of rotatable bonds is 5. The number of carbonyl (C=O) groups is 2. The Morgan fingerprint density at radius 1 is 1.14 bits per heavy atom. The number of benzene rings is 1. The minimum absolute atomic E-state index is 0.166. The molecule has 0 saturated carbocycles. The summed E-state index contributed by atoms with van der Waals surface area (Å²) in [6.45, 7) is 3.71. The lowest BCUT2D eigenvalue weighted by Crippen LogP contribution is -2.45. The Balaban J connectivity index is 2.66. The van der Waals surface area contributed by atoms with Crippen LogP contribution in [0.15, 0.2) is 22.7 Å². The van der Waals surface area contributed by atoms with Crippen LogP contribution in [0.2, 0.25) is 0 Å². The second-order valence-electron chi connectivity index (χ2n) is 4.64. The number of esters is 2. The molecule has 0 fully saturated rings. The zero-order valence-electron chi connectivity index (χ0n) is 12.6. The molecule has 0 N–H and O–H groups in total. The predicted molar refractivity (Wildman–Crippen MR) is 84.8 cm³/mol. The van der Waals surface area contributed by atoms with Crippen LogP contribution in [0.3, 0.4) is 0 Å². The molecule has 0 atom stereocenters. The molecule has 0 radical (unpaired) electrons. The van der Waals surface area contributed by atoms with Gasteiger partial charge in [-0.2, -0.15) is 0 Å². The zero-order valence-corrected chi connectivity index (χ0v) is 14.2. The van der Waals surface area contributed by atoms with E-state index in [1.54, 1.807) is 38.1 Å². The summed E-state index contributed by atoms with van der Waals surface area (Å²) >= 11 is 3.35. The third-order valence-corrected chi connectivity index (χ3v) is 4.29. The lowest BCUT2D eigenvalue weighted by molar-refractivity contribution is -0.161. The Morgan fingerprint density at radius 2 is 1.73 bits per heavy atom. The lowest BCUT2D eigenvalue weighted by Gasteiger charge is -2.27. The molecule has 6 heteroatoms. The van der Waals surface area contributed by atoms with Crippen LogP contribution in [0.5, 0.6) is 5.75 Å². The molecule has 0 saturated heterocycles. The number of halogens is 1. The van der Waals surface area contributed by atoms with Crippen molar-refractivity contribution >= 4 is 33.9 Å². The maximum Gasteiger partial charge on any atom is 0.333 e. The lowest BCUT2D eigenvalue weighted by atomic mass is 9.82. The van der Waals surface area contributed by atoms with Crippen molar-refractivity contribution in [1.29, 1.82) is 0 Å². The van der Waals surface area contributed by atoms with Crippen LogP contribution in [0.4, 0.5) is 0 Å². The second-order valence-corrected chi connectivity index (χ2v) is 5.49. The van der Waals surface area contributed by atoms with Crippen molar-refractivity contribution in [3.05, 3.63) is 33.8 Å². The first-order valence-electron chi connectivity index (χ1n) is 6.92. The van der Waals surface area contributed by atoms with Gasteiger partial charge in [0.25, 0.3) is 0 Å². The number of carbonyl (C=O) groups excluding carboxylic acids is 2. The van der Waals surface area contributed by atoms with Crippen molar-refractivity contribution in [2.24, 2.45) is 0 Å². The molecule has 1 aliphatic carbocycles. The van der Waals surface area contributed by atoms with E-state index in [0.29, 0.717) is 15.8 Å². The van der Waals surface area contributed by atoms with E-state index in [9.17, 15) is 9.59 Å². The number of fused-ring (bicyclic) bond motifs is 1. The first-order chi connectivity index (χ1) is 10.5. The van der Waals surface area contributed by atoms with Gasteiger partial charge in [0.05, 0.1) is 20.3 Å². The van der Waals surface area contributed by atoms with Gasteiger partial charge in [-0.25, -0.2) is 0 Å². The molecule has 22 heavy (non-hydrogen) atoms. The molecular weight excluding hydrogens is 352 g/mol. The highest BCUT2D eigenvalue weighted by molar-refractivity contribution is 9.12. The zero-order chi connectivity index (χ0) is 16.3. The molecule has 5 nitrogen and oxygen atoms in total. The highest BCUT2D eigenvalue weighted by Crippen LogP contribution is 2.47. The van der Waals surface area contributed by atoms with E-state index in [1.165, 1.54) is 7.11 Å². The van der Waals surface area contributed by atoms with Crippen LogP contribution in [-0.4, -0.2) is 32.3 Å². The quantitative estimate of drug-likeness (QED) is 0.590. The Bertz CT molecular complexity index is 617. The summed E-state index contributed by atoms with van der Waals surface area (Å²) in [5, 5.41) is 0. The second kappa shape index (κ2) is 6.52. The fourth-order valence-corrected chi connectivity index (χ4v) is 3.25. The van der Waals surface area contributed by atoms with Gasteiger partial charge in [-0.3, -0.25) is 9.59 Å². The highest BCUT2D eigenvalue weighted by Gasteiger charge is 2.56. The molecule has 118 valence electrons. The Morgan fingerprint density at radius 3 is 2.23 bits per heavy atom. The molecule has 0 aromatic heterocycles. The minimum Gasteiger partial charge on any atom is -0.497 e. The predicted octanol–water partition coefficient (Wildman–Crippen LogP) is 2.81. The first kappa shape index (κ1) is 16.5. The van der Waals surface area contributed by atoms with Gasteiger partial charge in [-0.05, 0) is 43.2 Å². The van der Waals surface area contributed by atoms with Crippen LogP contribution >= 0.6 is 15.9 Å². The van der Waals surface area contributed by atoms with E-state index >= 15 is 0 Å². The van der Waals surface area contributed by atoms with E-state index in [2.05, 4.69) is 15.9 Å². The van der Waals surface area contributed by atoms with Gasteiger partial charge in [0.1, 0.15) is 5.75 Å². The molecule has 0 spiro atoms. The van der Waals surface area contributed by atoms with Crippen molar-refractivity contribution in [1.82, 2.24) is 0 Å². The molecule has 1 aliphatic rings. The van der Waals surface area contributed by atoms with E-state index in [-0.39, 0.29) is 13.2 Å². The van der Waals surface area contributed by atoms with Gasteiger partial charge >= 0.3 is 11.9 Å². The Hall–Kier alpha value is -1.82. The van der Waals surface area contributed by atoms with Gasteiger partial charge in [0.2, 0.25) is 5.41 Å². The molecule has 2 rings (SSSR count). The summed E-state index contributed by atoms with van der Waals surface area (Å²) in [7, 11) is 1.52. The monoisotopic (exact) mass is 368 g/mol. The number of methoxy groups -OCH3 is 1. The minimum atomic E-state index is -1.63. The molecule has 1 aromatic rings. The highest BCUT2D eigenvalue weighted by atomic mass is 79.9. The van der Waals surface area contributed by atoms with Crippen molar-refractivity contribution in [2.75, 3.05) is 20.3 Å². The summed E-state index contributed by atoms with van der Waals surface area (Å²) in [6.07, 6.45) is 1.72. The van der Waals surface area contributed by atoms with E-state index < -0.39 is 17.4 Å². The Labute approximate surface area is 137 Å². The fourth-order valence-electron chi connectivity index (χ4n) is 2.46. The van der Waals surface area contributed by atoms with Crippen molar-refractivity contribution in [3.63, 3.8) is 0 Å². The SMILES string of the molecule is CCOC(=O)C1(C(=O)OCC)C(Br)=Cc2ccc(OC)cc21. The van der Waals surface area contributed by atoms with Crippen molar-refractivity contribution in [3.8, 4) is 5.75 Å². The van der Waals surface area contributed by atoms with Crippen LogP contribution in [0.1, 0.15) is 25.0 Å². The molecule has 0 amide bonds. The molecule has 0 heterocycles. The summed E-state index contributed by atoms with van der Waals surface area (Å²) < 4.78 is 15.9. The van der Waals surface area contributed by atoms with Crippen molar-refractivity contribution in [2.45, 2.75) is 19.3 Å². The molecule has 0 unspecified atom stereocenters. The third-order valence-electron chi connectivity index (χ3n) is 3.47. The van der Waals surface area contributed by atoms with E-state index in [0.717, 1.165) is 5.56 Å². The smallest absolute Gasteiger partial charge is 0.333 e. The van der Waals surface area contributed by atoms with Crippen LogP contribution in [-0.2, 0) is 24.5 Å². The average Bonchev–Trinajstić information content (AvgIpc) is 2.79. The fraction of sp³-hybridized carbons (Fsp3) is 0.375. The topological polar surface area (TPSA) is 61.8 Å². The normalized spacial score (nSPS) is 14.8. The Kier molecular flexibility index (Phi) is 4.90. The summed E-state index contributed by atoms with van der Waals surface area (Å²) in [6, 6.07) is 5.21. The standard InChI is InChI=1S/C16H17BrO5/c1-4-21-14(18)16(15(19)22-5-2)12-9-11(20-3)7-6-10(12)8-13(16)17/h6-9H,4-5H2,1-3H3. The summed E-state index contributed by atoms with van der Waals surface area (Å²) in [5.41, 5.74) is -0.389. The average molecular weight is 369 g/mol. The van der Waals surface area contributed by atoms with Gasteiger partial charge in [-0.1, -0.05) is 22.0 Å². The van der Waals surface area contributed by atoms with E-state index in [1.807, 2.05) is 0 Å². The number of hydrogen-bond acceptors (Lipinski definition) is 5.